The molecule has 0 atom stereocenters. The van der Waals surface area contributed by atoms with Gasteiger partial charge in [-0.05, 0) is 30.2 Å². The molecule has 0 fully saturated rings. The number of nitrogens with zero attached hydrogens (tertiary/aromatic N) is 2. The van der Waals surface area contributed by atoms with Crippen LogP contribution in [0.2, 0.25) is 0 Å². The molecule has 2 amide bonds. The van der Waals surface area contributed by atoms with E-state index in [-0.39, 0.29) is 35.6 Å². The third kappa shape index (κ3) is 4.57. The Morgan fingerprint density at radius 1 is 1.13 bits per heavy atom. The first-order valence-electron chi connectivity index (χ1n) is 8.98. The molecule has 3 rings (SSSR count). The first kappa shape index (κ1) is 20.8. The van der Waals surface area contributed by atoms with E-state index in [4.69, 9.17) is 11.5 Å². The van der Waals surface area contributed by atoms with Crippen molar-refractivity contribution < 1.29 is 18.4 Å². The van der Waals surface area contributed by atoms with Gasteiger partial charge in [0.25, 0.3) is 11.8 Å². The molecule has 0 saturated heterocycles. The quantitative estimate of drug-likeness (QED) is 0.574. The van der Waals surface area contributed by atoms with Gasteiger partial charge in [-0.1, -0.05) is 24.3 Å². The average molecular weight is 411 g/mol. The summed E-state index contributed by atoms with van der Waals surface area (Å²) in [5.41, 5.74) is 12.4. The number of amides is 2. The van der Waals surface area contributed by atoms with Crippen molar-refractivity contribution in [1.82, 2.24) is 15.3 Å². The number of benzene rings is 2. The number of nitrogens with two attached hydrogens (primary N) is 2. The summed E-state index contributed by atoms with van der Waals surface area (Å²) in [6.07, 6.45) is 1.70. The van der Waals surface area contributed by atoms with Crippen molar-refractivity contribution in [2.45, 2.75) is 19.9 Å². The van der Waals surface area contributed by atoms with Gasteiger partial charge >= 0.3 is 0 Å². The monoisotopic (exact) mass is 411 g/mol. The number of anilines is 1. The van der Waals surface area contributed by atoms with Crippen LogP contribution in [0.25, 0.3) is 0 Å². The zero-order valence-electron chi connectivity index (χ0n) is 16.1. The van der Waals surface area contributed by atoms with Crippen LogP contribution in [0, 0.1) is 18.6 Å². The highest BCUT2D eigenvalue weighted by Crippen LogP contribution is 2.16. The van der Waals surface area contributed by atoms with Crippen molar-refractivity contribution in [3.05, 3.63) is 87.9 Å². The number of aromatic nitrogens is 2. The normalized spacial score (nSPS) is 10.6. The largest absolute Gasteiger partial charge is 0.382 e. The van der Waals surface area contributed by atoms with E-state index in [0.717, 1.165) is 5.56 Å². The lowest BCUT2D eigenvalue weighted by Crippen LogP contribution is -2.23. The van der Waals surface area contributed by atoms with Crippen LogP contribution in [0.4, 0.5) is 14.6 Å². The zero-order chi connectivity index (χ0) is 21.8. The maximum atomic E-state index is 14.0. The molecule has 0 bridgehead atoms. The van der Waals surface area contributed by atoms with E-state index in [2.05, 4.69) is 15.3 Å². The molecule has 3 aromatic rings. The van der Waals surface area contributed by atoms with Gasteiger partial charge in [-0.25, -0.2) is 18.7 Å². The fourth-order valence-electron chi connectivity index (χ4n) is 2.83. The highest BCUT2D eigenvalue weighted by atomic mass is 19.2. The zero-order valence-corrected chi connectivity index (χ0v) is 16.1. The van der Waals surface area contributed by atoms with Crippen molar-refractivity contribution in [3.63, 3.8) is 0 Å². The van der Waals surface area contributed by atoms with Crippen molar-refractivity contribution in [1.29, 1.82) is 0 Å². The Bertz CT molecular complexity index is 1130. The van der Waals surface area contributed by atoms with Gasteiger partial charge in [0.1, 0.15) is 0 Å². The van der Waals surface area contributed by atoms with Gasteiger partial charge < -0.3 is 16.8 Å². The summed E-state index contributed by atoms with van der Waals surface area (Å²) in [4.78, 5) is 31.8. The Hall–Kier alpha value is -3.88. The second kappa shape index (κ2) is 8.64. The van der Waals surface area contributed by atoms with Crippen LogP contribution in [0.5, 0.6) is 0 Å². The van der Waals surface area contributed by atoms with E-state index in [1.165, 1.54) is 25.3 Å². The first-order chi connectivity index (χ1) is 14.3. The molecule has 30 heavy (non-hydrogen) atoms. The number of aryl methyl sites for hydroxylation is 1. The molecule has 0 radical (unpaired) electrons. The van der Waals surface area contributed by atoms with Crippen LogP contribution < -0.4 is 16.8 Å². The van der Waals surface area contributed by atoms with E-state index in [0.29, 0.717) is 11.3 Å². The lowest BCUT2D eigenvalue weighted by atomic mass is 10.1. The predicted octanol–water partition coefficient (Wildman–Crippen LogP) is 2.27. The minimum Gasteiger partial charge on any atom is -0.382 e. The summed E-state index contributed by atoms with van der Waals surface area (Å²) in [7, 11) is 0. The Morgan fingerprint density at radius 3 is 2.63 bits per heavy atom. The van der Waals surface area contributed by atoms with Crippen molar-refractivity contribution in [2.24, 2.45) is 5.73 Å². The molecule has 0 aliphatic carbocycles. The van der Waals surface area contributed by atoms with Gasteiger partial charge in [-0.2, -0.15) is 0 Å². The molecule has 1 aromatic heterocycles. The van der Waals surface area contributed by atoms with Crippen LogP contribution in [-0.2, 0) is 13.0 Å². The molecule has 0 spiro atoms. The van der Waals surface area contributed by atoms with Gasteiger partial charge in [0.2, 0.25) is 0 Å². The number of halogens is 2. The summed E-state index contributed by atoms with van der Waals surface area (Å²) in [6, 6.07) is 9.55. The minimum atomic E-state index is -0.976. The molecule has 0 unspecified atom stereocenters. The molecule has 0 aliphatic heterocycles. The lowest BCUT2D eigenvalue weighted by Gasteiger charge is -2.09. The average Bonchev–Trinajstić information content (AvgIpc) is 2.72. The molecule has 1 heterocycles. The fourth-order valence-corrected chi connectivity index (χ4v) is 2.83. The van der Waals surface area contributed by atoms with Crippen molar-refractivity contribution in [2.75, 3.05) is 5.73 Å². The summed E-state index contributed by atoms with van der Waals surface area (Å²) in [5.74, 6) is -3.19. The highest BCUT2D eigenvalue weighted by molar-refractivity contribution is 5.95. The third-order valence-corrected chi connectivity index (χ3v) is 4.45. The number of nitrogens with one attached hydrogen (secondary N) is 1. The smallest absolute Gasteiger partial charge is 0.271 e. The van der Waals surface area contributed by atoms with E-state index in [9.17, 15) is 18.4 Å². The molecular formula is C21H19F2N5O2. The molecule has 9 heteroatoms. The maximum Gasteiger partial charge on any atom is 0.271 e. The standard InChI is InChI=1S/C21H19F2N5O2/c1-11-5-6-14(17(23)16(11)22)9-27-21(30)13-4-2-3-12(7-13)8-15-10-26-19(24)18(28-15)20(25)29/h2-7,10H,8-9H2,1H3,(H2,24,26)(H2,25,29)(H,27,30). The summed E-state index contributed by atoms with van der Waals surface area (Å²) < 4.78 is 27.6. The maximum absolute atomic E-state index is 14.0. The number of nitrogen functional groups attached to an aromatic ring is 1. The van der Waals surface area contributed by atoms with Crippen LogP contribution in [0.1, 0.15) is 43.2 Å². The molecular weight excluding hydrogens is 392 g/mol. The molecule has 2 aromatic carbocycles. The minimum absolute atomic E-state index is 0.0544. The number of carbonyl (C=O) groups excluding carboxylic acids is 2. The van der Waals surface area contributed by atoms with Crippen molar-refractivity contribution >= 4 is 17.6 Å². The molecule has 154 valence electrons. The summed E-state index contributed by atoms with van der Waals surface area (Å²) >= 11 is 0. The lowest BCUT2D eigenvalue weighted by molar-refractivity contribution is 0.0949. The number of carbonyl (C=O) groups is 2. The van der Waals surface area contributed by atoms with E-state index >= 15 is 0 Å². The van der Waals surface area contributed by atoms with Gasteiger partial charge in [-0.15, -0.1) is 0 Å². The number of rotatable bonds is 6. The number of hydrogen-bond acceptors (Lipinski definition) is 5. The van der Waals surface area contributed by atoms with Crippen LogP contribution in [-0.4, -0.2) is 21.8 Å². The molecule has 5 N–H and O–H groups in total. The Balaban J connectivity index is 1.72. The van der Waals surface area contributed by atoms with E-state index in [1.807, 2.05) is 0 Å². The first-order valence-corrected chi connectivity index (χ1v) is 8.98. The van der Waals surface area contributed by atoms with Gasteiger partial charge in [0, 0.05) is 24.1 Å². The number of hydrogen-bond donors (Lipinski definition) is 3. The van der Waals surface area contributed by atoms with Gasteiger partial charge in [0.15, 0.2) is 23.1 Å². The highest BCUT2D eigenvalue weighted by Gasteiger charge is 2.14. The topological polar surface area (TPSA) is 124 Å². The van der Waals surface area contributed by atoms with Gasteiger partial charge in [0.05, 0.1) is 11.9 Å². The SMILES string of the molecule is Cc1ccc(CNC(=O)c2cccc(Cc3cnc(N)c(C(N)=O)n3)c2)c(F)c1F. The Morgan fingerprint density at radius 2 is 1.90 bits per heavy atom. The molecule has 7 nitrogen and oxygen atoms in total. The summed E-state index contributed by atoms with van der Waals surface area (Å²) in [6.45, 7) is 1.31. The van der Waals surface area contributed by atoms with Crippen molar-refractivity contribution in [3.8, 4) is 0 Å². The number of primary amides is 1. The predicted molar refractivity (Wildman–Crippen MR) is 106 cm³/mol. The Kier molecular flexibility index (Phi) is 6.01. The molecule has 0 saturated carbocycles. The van der Waals surface area contributed by atoms with Crippen LogP contribution in [0.15, 0.2) is 42.6 Å². The van der Waals surface area contributed by atoms with E-state index in [1.54, 1.807) is 24.3 Å². The van der Waals surface area contributed by atoms with Crippen LogP contribution in [0.3, 0.4) is 0 Å². The van der Waals surface area contributed by atoms with Gasteiger partial charge in [-0.3, -0.25) is 9.59 Å². The third-order valence-electron chi connectivity index (χ3n) is 4.45. The Labute approximate surface area is 171 Å². The second-order valence-electron chi connectivity index (χ2n) is 6.69. The van der Waals surface area contributed by atoms with Crippen LogP contribution >= 0.6 is 0 Å². The second-order valence-corrected chi connectivity index (χ2v) is 6.69. The fraction of sp³-hybridized carbons (Fsp3) is 0.143. The summed E-state index contributed by atoms with van der Waals surface area (Å²) in [5, 5.41) is 2.57. The molecule has 0 aliphatic rings. The van der Waals surface area contributed by atoms with E-state index < -0.39 is 23.4 Å².